The van der Waals surface area contributed by atoms with Gasteiger partial charge in [0.1, 0.15) is 43.8 Å². The number of phosphoric ester groups is 1. The molecule has 1 aliphatic heterocycles. The first-order chi connectivity index (χ1) is 27.9. The van der Waals surface area contributed by atoms with E-state index in [-0.39, 0.29) is 50.1 Å². The Bertz CT molecular complexity index is 1930. The Kier molecular flexibility index (Phi) is 18.8. The third kappa shape index (κ3) is 15.6. The SMILES string of the molecule is [N-]=[N+]=NCOC1C[C@H](n2cc(CNC(=O)COCCOC(COc3cccc(C(=O)NCCNC4CCC4)c3)N=[N+]=[N-])c(N)nc2=O)O[C@@H]1COP(=O)(O)O[PH](=O)O. The van der Waals surface area contributed by atoms with Crippen molar-refractivity contribution in [2.75, 3.05) is 58.6 Å². The molecule has 1 saturated heterocycles. The molecule has 2 aliphatic rings. The molecule has 318 valence electrons. The van der Waals surface area contributed by atoms with Gasteiger partial charge in [0.2, 0.25) is 5.91 Å². The summed E-state index contributed by atoms with van der Waals surface area (Å²) in [5, 5.41) is 15.6. The summed E-state index contributed by atoms with van der Waals surface area (Å²) in [5.41, 5.74) is 23.2. The number of carbonyl (C=O) groups excluding carboxylic acids is 2. The lowest BCUT2D eigenvalue weighted by Crippen LogP contribution is -2.40. The van der Waals surface area contributed by atoms with Crippen LogP contribution in [0.25, 0.3) is 20.9 Å². The van der Waals surface area contributed by atoms with E-state index >= 15 is 0 Å². The zero-order chi connectivity index (χ0) is 41.9. The van der Waals surface area contributed by atoms with Crippen molar-refractivity contribution >= 4 is 33.7 Å². The molecule has 2 heterocycles. The second kappa shape index (κ2) is 23.7. The number of phosphoric acid groups is 1. The summed E-state index contributed by atoms with van der Waals surface area (Å²) in [6, 6.07) is 7.03. The quantitative estimate of drug-likeness (QED) is 0.0257. The van der Waals surface area contributed by atoms with Gasteiger partial charge < -0.3 is 55.2 Å². The molecule has 4 unspecified atom stereocenters. The zero-order valence-electron chi connectivity index (χ0n) is 30.9. The summed E-state index contributed by atoms with van der Waals surface area (Å²) in [4.78, 5) is 65.4. The summed E-state index contributed by atoms with van der Waals surface area (Å²) in [7, 11) is -8.79. The van der Waals surface area contributed by atoms with Gasteiger partial charge in [-0.15, -0.1) is 0 Å². The second-order valence-corrected chi connectivity index (χ2v) is 14.9. The smallest absolute Gasteiger partial charge is 0.479 e. The van der Waals surface area contributed by atoms with Crippen LogP contribution in [0.15, 0.2) is 45.5 Å². The standard InChI is InChI=1S/C30H44N12O14P2/c31-28-20(14-42(30(45)38-28)27-12-23(53-18-37-40-32)24(55-27)15-54-58(48,49)56-57(46)47)13-36-25(43)16-50-9-10-51-26(39-41-33)17-52-22-6-1-3-19(11-22)29(44)35-8-7-34-21-4-2-5-21/h1,3,6,11,14,21,23-24,26-27,34,57H,2,4-5,7-10,12-13,15-18H2,(H,35,44)(H,36,43)(H,46,47)(H,48,49)(H2,31,38,45)/t23?,24-,26?,27-/m1/s1. The van der Waals surface area contributed by atoms with E-state index in [1.807, 2.05) is 0 Å². The molecule has 4 rings (SSSR count). The number of nitrogens with one attached hydrogen (secondary N) is 3. The summed E-state index contributed by atoms with van der Waals surface area (Å²) in [6.07, 6.45) is 0.452. The highest BCUT2D eigenvalue weighted by atomic mass is 31.2. The largest absolute Gasteiger partial charge is 0.491 e. The molecule has 6 atom stereocenters. The molecule has 2 fully saturated rings. The molecule has 1 aromatic heterocycles. The maximum atomic E-state index is 12.8. The van der Waals surface area contributed by atoms with Crippen molar-refractivity contribution in [3.8, 4) is 5.75 Å². The number of aromatic nitrogens is 2. The number of benzene rings is 1. The molecule has 2 amide bonds. The number of rotatable bonds is 26. The minimum absolute atomic E-state index is 0.0751. The minimum Gasteiger partial charge on any atom is -0.491 e. The van der Waals surface area contributed by atoms with Crippen LogP contribution in [-0.4, -0.2) is 108 Å². The van der Waals surface area contributed by atoms with E-state index in [4.69, 9.17) is 49.9 Å². The zero-order valence-corrected chi connectivity index (χ0v) is 32.8. The predicted octanol–water partition coefficient (Wildman–Crippen LogP) is 1.52. The molecule has 0 bridgehead atoms. The Balaban J connectivity index is 1.20. The number of hydrogen-bond acceptors (Lipinski definition) is 17. The first-order valence-electron chi connectivity index (χ1n) is 17.7. The monoisotopic (exact) mass is 858 g/mol. The van der Waals surface area contributed by atoms with Crippen LogP contribution >= 0.6 is 16.1 Å². The van der Waals surface area contributed by atoms with Crippen molar-refractivity contribution < 1.29 is 61.0 Å². The van der Waals surface area contributed by atoms with Gasteiger partial charge in [-0.1, -0.05) is 22.7 Å². The van der Waals surface area contributed by atoms with Gasteiger partial charge in [-0.3, -0.25) is 23.2 Å². The molecule has 0 radical (unpaired) electrons. The number of ether oxygens (including phenoxy) is 5. The predicted molar refractivity (Wildman–Crippen MR) is 200 cm³/mol. The van der Waals surface area contributed by atoms with Crippen LogP contribution in [-0.2, 0) is 48.3 Å². The minimum atomic E-state index is -4.96. The number of anilines is 1. The van der Waals surface area contributed by atoms with Crippen LogP contribution in [0.3, 0.4) is 0 Å². The van der Waals surface area contributed by atoms with E-state index in [9.17, 15) is 28.4 Å². The Morgan fingerprint density at radius 3 is 2.74 bits per heavy atom. The molecular formula is C30H44N12O14P2. The highest BCUT2D eigenvalue weighted by molar-refractivity contribution is 7.55. The van der Waals surface area contributed by atoms with Crippen LogP contribution in [0.4, 0.5) is 5.82 Å². The van der Waals surface area contributed by atoms with Crippen LogP contribution < -0.4 is 32.1 Å². The summed E-state index contributed by atoms with van der Waals surface area (Å²) in [5.74, 6) is -0.671. The number of nitrogen functional groups attached to an aromatic ring is 1. The number of amides is 2. The Hall–Kier alpha value is -4.64. The third-order valence-corrected chi connectivity index (χ3v) is 10.4. The number of nitrogens with zero attached hydrogens (tertiary/aromatic N) is 8. The Labute approximate surface area is 330 Å². The number of nitrogens with two attached hydrogens (primary N) is 1. The van der Waals surface area contributed by atoms with E-state index in [1.165, 1.54) is 12.6 Å². The first-order valence-corrected chi connectivity index (χ1v) is 20.4. The van der Waals surface area contributed by atoms with Gasteiger partial charge in [-0.05, 0) is 42.1 Å². The molecule has 58 heavy (non-hydrogen) atoms. The lowest BCUT2D eigenvalue weighted by molar-refractivity contribution is -0.126. The third-order valence-electron chi connectivity index (χ3n) is 8.42. The van der Waals surface area contributed by atoms with Crippen molar-refractivity contribution in [3.63, 3.8) is 0 Å². The average molecular weight is 859 g/mol. The maximum absolute atomic E-state index is 12.8. The highest BCUT2D eigenvalue weighted by Gasteiger charge is 2.40. The number of azide groups is 2. The van der Waals surface area contributed by atoms with Crippen molar-refractivity contribution in [2.24, 2.45) is 10.2 Å². The van der Waals surface area contributed by atoms with Crippen molar-refractivity contribution in [1.29, 1.82) is 0 Å². The van der Waals surface area contributed by atoms with Crippen LogP contribution in [0.1, 0.15) is 47.8 Å². The fraction of sp³-hybridized carbons (Fsp3) is 0.600. The van der Waals surface area contributed by atoms with Gasteiger partial charge >= 0.3 is 21.8 Å². The Morgan fingerprint density at radius 2 is 2.02 bits per heavy atom. The summed E-state index contributed by atoms with van der Waals surface area (Å²) >= 11 is 0. The van der Waals surface area contributed by atoms with E-state index in [2.05, 4.69) is 45.3 Å². The lowest BCUT2D eigenvalue weighted by Gasteiger charge is -2.26. The topological polar surface area (TPSA) is 368 Å². The molecule has 26 nitrogen and oxygen atoms in total. The first kappa shape index (κ1) is 46.1. The van der Waals surface area contributed by atoms with Crippen molar-refractivity contribution in [2.45, 2.75) is 62.9 Å². The van der Waals surface area contributed by atoms with Crippen molar-refractivity contribution in [3.05, 3.63) is 73.0 Å². The van der Waals surface area contributed by atoms with Gasteiger partial charge in [-0.25, -0.2) is 13.7 Å². The van der Waals surface area contributed by atoms with Gasteiger partial charge in [0.25, 0.3) is 5.91 Å². The van der Waals surface area contributed by atoms with Gasteiger partial charge in [0.05, 0.1) is 25.9 Å². The fourth-order valence-electron chi connectivity index (χ4n) is 5.40. The van der Waals surface area contributed by atoms with E-state index in [0.29, 0.717) is 30.4 Å². The molecular weight excluding hydrogens is 814 g/mol. The van der Waals surface area contributed by atoms with Gasteiger partial charge in [-0.2, -0.15) is 4.98 Å². The molecule has 7 N–H and O–H groups in total. The van der Waals surface area contributed by atoms with E-state index in [1.54, 1.807) is 24.3 Å². The molecule has 0 spiro atoms. The van der Waals surface area contributed by atoms with E-state index in [0.717, 1.165) is 17.4 Å². The average Bonchev–Trinajstić information content (AvgIpc) is 3.57. The van der Waals surface area contributed by atoms with Crippen LogP contribution in [0.5, 0.6) is 5.75 Å². The maximum Gasteiger partial charge on any atom is 0.479 e. The number of hydrogen-bond donors (Lipinski definition) is 6. The van der Waals surface area contributed by atoms with Gasteiger partial charge in [0.15, 0.2) is 6.23 Å². The summed E-state index contributed by atoms with van der Waals surface area (Å²) < 4.78 is 60.3. The number of carbonyl (C=O) groups is 2. The van der Waals surface area contributed by atoms with E-state index < -0.39 is 72.3 Å². The van der Waals surface area contributed by atoms with Crippen LogP contribution in [0.2, 0.25) is 0 Å². The normalized spacial score (nSPS) is 19.7. The van der Waals surface area contributed by atoms with Crippen molar-refractivity contribution in [1.82, 2.24) is 25.5 Å². The summed E-state index contributed by atoms with van der Waals surface area (Å²) in [6.45, 7) is -0.938. The molecule has 2 aromatic rings. The molecule has 1 saturated carbocycles. The highest BCUT2D eigenvalue weighted by Crippen LogP contribution is 2.51. The molecule has 28 heteroatoms. The lowest BCUT2D eigenvalue weighted by atomic mass is 9.93. The van der Waals surface area contributed by atoms with Gasteiger partial charge in [0, 0.05) is 59.2 Å². The second-order valence-electron chi connectivity index (χ2n) is 12.4. The fourth-order valence-corrected chi connectivity index (χ4v) is 6.73. The molecule has 1 aromatic carbocycles. The van der Waals surface area contributed by atoms with Crippen LogP contribution in [0, 0.1) is 0 Å². The Morgan fingerprint density at radius 1 is 1.21 bits per heavy atom. The molecule has 1 aliphatic carbocycles.